The van der Waals surface area contributed by atoms with Crippen LogP contribution in [0.25, 0.3) is 10.4 Å². The summed E-state index contributed by atoms with van der Waals surface area (Å²) in [6.07, 6.45) is 0.506. The molecule has 5 rings (SSSR count). The largest absolute Gasteiger partial charge is 0.339 e. The number of nitrogens with zero attached hydrogens (tertiary/aromatic N) is 2. The molecule has 1 aliphatic rings. The predicted molar refractivity (Wildman–Crippen MR) is 154 cm³/mol. The SMILES string of the molecule is NC(Cc1ccc(-c2ccc(Cl)cc2Cl)s1)C(=O)N1CCN(C(c2ccccc2)c2ccccc2)CC1. The molecule has 2 heterocycles. The number of rotatable bonds is 7. The minimum atomic E-state index is -0.571. The minimum Gasteiger partial charge on any atom is -0.339 e. The Morgan fingerprint density at radius 1 is 0.838 bits per heavy atom. The maximum Gasteiger partial charge on any atom is 0.239 e. The Kier molecular flexibility index (Phi) is 8.28. The smallest absolute Gasteiger partial charge is 0.239 e. The van der Waals surface area contributed by atoms with E-state index in [0.717, 1.165) is 28.4 Å². The van der Waals surface area contributed by atoms with Crippen molar-refractivity contribution in [3.05, 3.63) is 117 Å². The van der Waals surface area contributed by atoms with E-state index in [0.29, 0.717) is 29.6 Å². The standard InChI is InChI=1S/C30H29Cl2N3OS/c31-23-11-13-25(26(32)19-23)28-14-12-24(37-28)20-27(33)30(36)35-17-15-34(16-18-35)29(21-7-3-1-4-8-21)22-9-5-2-6-10-22/h1-14,19,27,29H,15-18,20,33H2. The lowest BCUT2D eigenvalue weighted by atomic mass is 9.96. The molecule has 4 aromatic rings. The fourth-order valence-corrected chi connectivity index (χ4v) is 6.62. The number of halogens is 2. The van der Waals surface area contributed by atoms with Crippen LogP contribution in [0.2, 0.25) is 10.0 Å². The summed E-state index contributed by atoms with van der Waals surface area (Å²) >= 11 is 14.0. The molecule has 1 aromatic heterocycles. The molecule has 0 radical (unpaired) electrons. The molecular formula is C30H29Cl2N3OS. The third-order valence-corrected chi connectivity index (χ3v) is 8.51. The number of amides is 1. The third-order valence-electron chi connectivity index (χ3n) is 6.82. The maximum absolute atomic E-state index is 13.2. The molecule has 0 aliphatic carbocycles. The Bertz CT molecular complexity index is 1300. The molecule has 0 saturated carbocycles. The van der Waals surface area contributed by atoms with E-state index in [4.69, 9.17) is 28.9 Å². The van der Waals surface area contributed by atoms with Crippen molar-refractivity contribution in [2.75, 3.05) is 26.2 Å². The summed E-state index contributed by atoms with van der Waals surface area (Å²) < 4.78 is 0. The van der Waals surface area contributed by atoms with Crippen molar-refractivity contribution in [1.29, 1.82) is 0 Å². The van der Waals surface area contributed by atoms with Gasteiger partial charge in [-0.15, -0.1) is 11.3 Å². The van der Waals surface area contributed by atoms with Gasteiger partial charge < -0.3 is 10.6 Å². The molecule has 1 fully saturated rings. The summed E-state index contributed by atoms with van der Waals surface area (Å²) in [5, 5.41) is 1.22. The monoisotopic (exact) mass is 549 g/mol. The lowest BCUT2D eigenvalue weighted by molar-refractivity contribution is -0.134. The zero-order valence-electron chi connectivity index (χ0n) is 20.4. The van der Waals surface area contributed by atoms with Gasteiger partial charge in [-0.25, -0.2) is 0 Å². The molecule has 1 atom stereocenters. The second kappa shape index (κ2) is 11.8. The van der Waals surface area contributed by atoms with Gasteiger partial charge in [0.05, 0.1) is 17.1 Å². The van der Waals surface area contributed by atoms with Crippen LogP contribution in [0.3, 0.4) is 0 Å². The lowest BCUT2D eigenvalue weighted by Crippen LogP contribution is -2.54. The molecule has 7 heteroatoms. The molecule has 190 valence electrons. The topological polar surface area (TPSA) is 49.6 Å². The third kappa shape index (κ3) is 6.08. The van der Waals surface area contributed by atoms with Gasteiger partial charge in [-0.05, 0) is 35.4 Å². The Morgan fingerprint density at radius 2 is 1.46 bits per heavy atom. The Balaban J connectivity index is 1.22. The van der Waals surface area contributed by atoms with E-state index in [1.165, 1.54) is 11.1 Å². The van der Waals surface area contributed by atoms with Crippen molar-refractivity contribution in [3.63, 3.8) is 0 Å². The molecule has 1 unspecified atom stereocenters. The van der Waals surface area contributed by atoms with E-state index in [1.54, 1.807) is 17.4 Å². The van der Waals surface area contributed by atoms with Gasteiger partial charge in [-0.2, -0.15) is 0 Å². The molecule has 2 N–H and O–H groups in total. The normalized spacial score (nSPS) is 15.2. The van der Waals surface area contributed by atoms with E-state index in [1.807, 2.05) is 41.3 Å². The van der Waals surface area contributed by atoms with Crippen LogP contribution >= 0.6 is 34.5 Å². The second-order valence-corrected chi connectivity index (χ2v) is 11.3. The second-order valence-electron chi connectivity index (χ2n) is 9.29. The van der Waals surface area contributed by atoms with Gasteiger partial charge in [0.15, 0.2) is 0 Å². The quantitative estimate of drug-likeness (QED) is 0.285. The van der Waals surface area contributed by atoms with E-state index < -0.39 is 6.04 Å². The highest BCUT2D eigenvalue weighted by atomic mass is 35.5. The van der Waals surface area contributed by atoms with Gasteiger partial charge >= 0.3 is 0 Å². The lowest BCUT2D eigenvalue weighted by Gasteiger charge is -2.40. The highest BCUT2D eigenvalue weighted by Gasteiger charge is 2.30. The molecule has 1 amide bonds. The van der Waals surface area contributed by atoms with Crippen molar-refractivity contribution in [2.24, 2.45) is 5.73 Å². The number of hydrogen-bond acceptors (Lipinski definition) is 4. The molecular weight excluding hydrogens is 521 g/mol. The van der Waals surface area contributed by atoms with Crippen LogP contribution in [0.1, 0.15) is 22.0 Å². The number of hydrogen-bond donors (Lipinski definition) is 1. The highest BCUT2D eigenvalue weighted by molar-refractivity contribution is 7.15. The fraction of sp³-hybridized carbons (Fsp3) is 0.233. The molecule has 3 aromatic carbocycles. The number of piperazine rings is 1. The van der Waals surface area contributed by atoms with Crippen molar-refractivity contribution in [2.45, 2.75) is 18.5 Å². The molecule has 1 aliphatic heterocycles. The summed E-state index contributed by atoms with van der Waals surface area (Å²) in [5.74, 6) is 0.00935. The zero-order chi connectivity index (χ0) is 25.8. The van der Waals surface area contributed by atoms with E-state index in [9.17, 15) is 4.79 Å². The Morgan fingerprint density at radius 3 is 2.05 bits per heavy atom. The van der Waals surface area contributed by atoms with Gasteiger partial charge in [0.25, 0.3) is 0 Å². The van der Waals surface area contributed by atoms with E-state index in [2.05, 4.69) is 53.4 Å². The maximum atomic E-state index is 13.2. The minimum absolute atomic E-state index is 0.00935. The van der Waals surface area contributed by atoms with E-state index in [-0.39, 0.29) is 11.9 Å². The van der Waals surface area contributed by atoms with Crippen LogP contribution in [0.15, 0.2) is 91.0 Å². The molecule has 37 heavy (non-hydrogen) atoms. The van der Waals surface area contributed by atoms with Crippen molar-refractivity contribution < 1.29 is 4.79 Å². The van der Waals surface area contributed by atoms with Crippen LogP contribution < -0.4 is 5.73 Å². The predicted octanol–water partition coefficient (Wildman–Crippen LogP) is 6.53. The number of benzene rings is 3. The summed E-state index contributed by atoms with van der Waals surface area (Å²) in [7, 11) is 0. The van der Waals surface area contributed by atoms with Crippen LogP contribution in [-0.2, 0) is 11.2 Å². The van der Waals surface area contributed by atoms with Crippen LogP contribution in [-0.4, -0.2) is 47.9 Å². The first kappa shape index (κ1) is 26.0. The first-order valence-corrected chi connectivity index (χ1v) is 14.0. The Labute approximate surface area is 232 Å². The van der Waals surface area contributed by atoms with Crippen LogP contribution in [0.5, 0.6) is 0 Å². The first-order chi connectivity index (χ1) is 18.0. The average Bonchev–Trinajstić information content (AvgIpc) is 3.38. The molecule has 0 bridgehead atoms. The van der Waals surface area contributed by atoms with Crippen LogP contribution in [0.4, 0.5) is 0 Å². The van der Waals surface area contributed by atoms with Gasteiger partial charge in [-0.3, -0.25) is 9.69 Å². The fourth-order valence-electron chi connectivity index (χ4n) is 4.95. The molecule has 1 saturated heterocycles. The molecule has 4 nitrogen and oxygen atoms in total. The van der Waals surface area contributed by atoms with Gasteiger partial charge in [0.2, 0.25) is 5.91 Å². The van der Waals surface area contributed by atoms with E-state index >= 15 is 0 Å². The summed E-state index contributed by atoms with van der Waals surface area (Å²) in [6, 6.07) is 30.3. The summed E-state index contributed by atoms with van der Waals surface area (Å²) in [4.78, 5) is 19.7. The summed E-state index contributed by atoms with van der Waals surface area (Å²) in [5.41, 5.74) is 9.87. The number of carbonyl (C=O) groups is 1. The average molecular weight is 551 g/mol. The zero-order valence-corrected chi connectivity index (χ0v) is 22.7. The first-order valence-electron chi connectivity index (χ1n) is 12.4. The van der Waals surface area contributed by atoms with Gasteiger partial charge in [0, 0.05) is 52.9 Å². The van der Waals surface area contributed by atoms with Crippen LogP contribution in [0, 0.1) is 0 Å². The number of carbonyl (C=O) groups excluding carboxylic acids is 1. The van der Waals surface area contributed by atoms with Gasteiger partial charge in [0.1, 0.15) is 0 Å². The van der Waals surface area contributed by atoms with Gasteiger partial charge in [-0.1, -0.05) is 89.9 Å². The summed E-state index contributed by atoms with van der Waals surface area (Å²) in [6.45, 7) is 2.92. The van der Waals surface area contributed by atoms with Crippen molar-refractivity contribution in [3.8, 4) is 10.4 Å². The van der Waals surface area contributed by atoms with Crippen molar-refractivity contribution >= 4 is 40.4 Å². The molecule has 0 spiro atoms. The number of thiophene rings is 1. The van der Waals surface area contributed by atoms with Crippen molar-refractivity contribution in [1.82, 2.24) is 9.80 Å². The Hall–Kier alpha value is -2.67. The highest BCUT2D eigenvalue weighted by Crippen LogP contribution is 2.35. The number of nitrogens with two attached hydrogens (primary N) is 1.